The smallest absolute Gasteiger partial charge is 0.240 e. The molecule has 120 valence electrons. The molecule has 0 spiro atoms. The van der Waals surface area contributed by atoms with Crippen molar-refractivity contribution in [2.75, 3.05) is 18.4 Å². The molecular weight excluding hydrogens is 314 g/mol. The van der Waals surface area contributed by atoms with Gasteiger partial charge in [0.25, 0.3) is 0 Å². The number of amides is 1. The van der Waals surface area contributed by atoms with Gasteiger partial charge in [0.05, 0.1) is 4.90 Å². The van der Waals surface area contributed by atoms with Crippen molar-refractivity contribution in [3.8, 4) is 0 Å². The van der Waals surface area contributed by atoms with Crippen LogP contribution >= 0.6 is 12.4 Å². The lowest BCUT2D eigenvalue weighted by Crippen LogP contribution is -2.27. The number of hydrogen-bond acceptors (Lipinski definition) is 4. The van der Waals surface area contributed by atoms with Crippen molar-refractivity contribution < 1.29 is 13.2 Å². The second kappa shape index (κ2) is 8.99. The van der Waals surface area contributed by atoms with Gasteiger partial charge in [-0.1, -0.05) is 13.8 Å². The van der Waals surface area contributed by atoms with E-state index >= 15 is 0 Å². The standard InChI is InChI=1S/C13H21N3O3S.ClH/c1-3-8-15-20(18,19)12-6-4-11(5-7-12)16-13(17)10(2)9-14;/h4-7,10,15H,3,8-9,14H2,1-2H3,(H,16,17);1H. The SMILES string of the molecule is CCCNS(=O)(=O)c1ccc(NC(=O)C(C)CN)cc1.Cl. The van der Waals surface area contributed by atoms with Crippen molar-refractivity contribution in [1.29, 1.82) is 0 Å². The number of carbonyl (C=O) groups excluding carboxylic acids is 1. The van der Waals surface area contributed by atoms with Crippen LogP contribution in [0.25, 0.3) is 0 Å². The van der Waals surface area contributed by atoms with Crippen molar-refractivity contribution in [3.63, 3.8) is 0 Å². The van der Waals surface area contributed by atoms with Crippen LogP contribution in [0.3, 0.4) is 0 Å². The van der Waals surface area contributed by atoms with Crippen LogP contribution < -0.4 is 15.8 Å². The first kappa shape index (κ1) is 19.9. The fraction of sp³-hybridized carbons (Fsp3) is 0.462. The quantitative estimate of drug-likeness (QED) is 0.699. The molecule has 0 saturated carbocycles. The third-order valence-electron chi connectivity index (χ3n) is 2.78. The van der Waals surface area contributed by atoms with E-state index in [-0.39, 0.29) is 35.7 Å². The topological polar surface area (TPSA) is 101 Å². The fourth-order valence-corrected chi connectivity index (χ4v) is 2.54. The Balaban J connectivity index is 0.00000400. The maximum Gasteiger partial charge on any atom is 0.240 e. The van der Waals surface area contributed by atoms with Crippen LogP contribution in [-0.4, -0.2) is 27.4 Å². The number of hydrogen-bond donors (Lipinski definition) is 3. The Morgan fingerprint density at radius 2 is 1.86 bits per heavy atom. The van der Waals surface area contributed by atoms with Crippen LogP contribution in [0.5, 0.6) is 0 Å². The summed E-state index contributed by atoms with van der Waals surface area (Å²) in [7, 11) is -3.47. The first-order valence-electron chi connectivity index (χ1n) is 6.51. The Hall–Kier alpha value is -1.15. The number of rotatable bonds is 7. The second-order valence-corrected chi connectivity index (χ2v) is 6.32. The summed E-state index contributed by atoms with van der Waals surface area (Å²) in [5.74, 6) is -0.475. The predicted molar refractivity (Wildman–Crippen MR) is 86.0 cm³/mol. The molecule has 1 unspecified atom stereocenters. The molecular formula is C13H22ClN3O3S. The summed E-state index contributed by atoms with van der Waals surface area (Å²) in [6, 6.07) is 6.03. The van der Waals surface area contributed by atoms with Crippen LogP contribution in [-0.2, 0) is 14.8 Å². The molecule has 0 radical (unpaired) electrons. The van der Waals surface area contributed by atoms with Gasteiger partial charge >= 0.3 is 0 Å². The molecule has 1 aromatic rings. The molecule has 0 saturated heterocycles. The normalized spacial score (nSPS) is 12.3. The average Bonchev–Trinajstić information content (AvgIpc) is 2.44. The van der Waals surface area contributed by atoms with Gasteiger partial charge in [0, 0.05) is 24.7 Å². The molecule has 0 fully saturated rings. The molecule has 0 aliphatic rings. The van der Waals surface area contributed by atoms with Gasteiger partial charge in [0.1, 0.15) is 0 Å². The summed E-state index contributed by atoms with van der Waals surface area (Å²) < 4.78 is 26.2. The third-order valence-corrected chi connectivity index (χ3v) is 4.25. The molecule has 1 amide bonds. The van der Waals surface area contributed by atoms with Crippen LogP contribution in [0.1, 0.15) is 20.3 Å². The number of nitrogens with one attached hydrogen (secondary N) is 2. The van der Waals surface area contributed by atoms with E-state index in [1.165, 1.54) is 12.1 Å². The predicted octanol–water partition coefficient (Wildman–Crippen LogP) is 1.33. The Morgan fingerprint density at radius 1 is 1.29 bits per heavy atom. The highest BCUT2D eigenvalue weighted by Crippen LogP contribution is 2.14. The maximum absolute atomic E-state index is 11.9. The highest BCUT2D eigenvalue weighted by molar-refractivity contribution is 7.89. The summed E-state index contributed by atoms with van der Waals surface area (Å²) in [6.07, 6.45) is 0.727. The van der Waals surface area contributed by atoms with Crippen molar-refractivity contribution >= 4 is 34.0 Å². The van der Waals surface area contributed by atoms with Gasteiger partial charge in [-0.05, 0) is 30.7 Å². The molecule has 4 N–H and O–H groups in total. The van der Waals surface area contributed by atoms with Gasteiger partial charge in [0.2, 0.25) is 15.9 Å². The van der Waals surface area contributed by atoms with Gasteiger partial charge in [-0.15, -0.1) is 12.4 Å². The first-order chi connectivity index (χ1) is 9.40. The van der Waals surface area contributed by atoms with Crippen LogP contribution in [0.2, 0.25) is 0 Å². The molecule has 0 heterocycles. The molecule has 0 aliphatic carbocycles. The minimum atomic E-state index is -3.47. The molecule has 0 aliphatic heterocycles. The molecule has 0 bridgehead atoms. The highest BCUT2D eigenvalue weighted by Gasteiger charge is 2.14. The third kappa shape index (κ3) is 6.01. The van der Waals surface area contributed by atoms with E-state index in [9.17, 15) is 13.2 Å². The number of halogens is 1. The summed E-state index contributed by atoms with van der Waals surface area (Å²) in [6.45, 7) is 4.27. The second-order valence-electron chi connectivity index (χ2n) is 4.55. The summed E-state index contributed by atoms with van der Waals surface area (Å²) in [5.41, 5.74) is 5.95. The highest BCUT2D eigenvalue weighted by atomic mass is 35.5. The Bertz CT molecular complexity index is 546. The molecule has 21 heavy (non-hydrogen) atoms. The molecule has 1 aromatic carbocycles. The van der Waals surface area contributed by atoms with E-state index < -0.39 is 10.0 Å². The van der Waals surface area contributed by atoms with Crippen LogP contribution in [0, 0.1) is 5.92 Å². The zero-order valence-electron chi connectivity index (χ0n) is 12.1. The number of carbonyl (C=O) groups is 1. The van der Waals surface area contributed by atoms with E-state index in [2.05, 4.69) is 10.0 Å². The van der Waals surface area contributed by atoms with Crippen LogP contribution in [0.15, 0.2) is 29.2 Å². The zero-order chi connectivity index (χ0) is 15.2. The molecule has 0 aromatic heterocycles. The Morgan fingerprint density at radius 3 is 2.33 bits per heavy atom. The Labute approximate surface area is 132 Å². The maximum atomic E-state index is 11.9. The summed E-state index contributed by atoms with van der Waals surface area (Å²) >= 11 is 0. The lowest BCUT2D eigenvalue weighted by atomic mass is 10.1. The van der Waals surface area contributed by atoms with E-state index in [1.807, 2.05) is 6.92 Å². The van der Waals surface area contributed by atoms with Gasteiger partial charge < -0.3 is 11.1 Å². The first-order valence-corrected chi connectivity index (χ1v) is 7.99. The van der Waals surface area contributed by atoms with E-state index in [0.717, 1.165) is 6.42 Å². The van der Waals surface area contributed by atoms with Crippen molar-refractivity contribution in [2.24, 2.45) is 11.7 Å². The number of benzene rings is 1. The van der Waals surface area contributed by atoms with Gasteiger partial charge in [-0.3, -0.25) is 4.79 Å². The summed E-state index contributed by atoms with van der Waals surface area (Å²) in [5, 5.41) is 2.68. The monoisotopic (exact) mass is 335 g/mol. The molecule has 8 heteroatoms. The van der Waals surface area contributed by atoms with Crippen molar-refractivity contribution in [1.82, 2.24) is 4.72 Å². The number of nitrogens with two attached hydrogens (primary N) is 1. The Kier molecular flexibility index (Phi) is 8.50. The van der Waals surface area contributed by atoms with Gasteiger partial charge in [-0.2, -0.15) is 0 Å². The largest absolute Gasteiger partial charge is 0.330 e. The molecule has 6 nitrogen and oxygen atoms in total. The lowest BCUT2D eigenvalue weighted by molar-refractivity contribution is -0.119. The minimum Gasteiger partial charge on any atom is -0.330 e. The zero-order valence-corrected chi connectivity index (χ0v) is 13.8. The van der Waals surface area contributed by atoms with E-state index in [4.69, 9.17) is 5.73 Å². The van der Waals surface area contributed by atoms with Crippen molar-refractivity contribution in [2.45, 2.75) is 25.2 Å². The van der Waals surface area contributed by atoms with Gasteiger partial charge in [-0.25, -0.2) is 13.1 Å². The number of anilines is 1. The lowest BCUT2D eigenvalue weighted by Gasteiger charge is -2.10. The van der Waals surface area contributed by atoms with Crippen molar-refractivity contribution in [3.05, 3.63) is 24.3 Å². The van der Waals surface area contributed by atoms with Gasteiger partial charge in [0.15, 0.2) is 0 Å². The summed E-state index contributed by atoms with van der Waals surface area (Å²) in [4.78, 5) is 11.8. The van der Waals surface area contributed by atoms with E-state index in [1.54, 1.807) is 19.1 Å². The molecule has 1 rings (SSSR count). The van der Waals surface area contributed by atoms with Crippen LogP contribution in [0.4, 0.5) is 5.69 Å². The number of sulfonamides is 1. The fourth-order valence-electron chi connectivity index (χ4n) is 1.41. The van der Waals surface area contributed by atoms with E-state index in [0.29, 0.717) is 12.2 Å². The molecule has 1 atom stereocenters. The average molecular weight is 336 g/mol. The minimum absolute atomic E-state index is 0.